The van der Waals surface area contributed by atoms with Gasteiger partial charge >= 0.3 is 12.2 Å². The van der Waals surface area contributed by atoms with E-state index in [4.69, 9.17) is 9.72 Å². The van der Waals surface area contributed by atoms with Crippen LogP contribution in [0.1, 0.15) is 83.0 Å². The van der Waals surface area contributed by atoms with E-state index in [0.29, 0.717) is 11.6 Å². The molecule has 2 aromatic carbocycles. The Morgan fingerprint density at radius 2 is 1.23 bits per heavy atom. The maximum Gasteiger partial charge on any atom is 0.407 e. The molecule has 2 heterocycles. The minimum Gasteiger partial charge on any atom is -0.453 e. The second-order valence-corrected chi connectivity index (χ2v) is 14.1. The lowest BCUT2D eigenvalue weighted by Crippen LogP contribution is -2.50. The minimum atomic E-state index is -0.747. The predicted molar refractivity (Wildman–Crippen MR) is 201 cm³/mol. The van der Waals surface area contributed by atoms with E-state index < -0.39 is 36.4 Å². The van der Waals surface area contributed by atoms with Crippen molar-refractivity contribution in [2.45, 2.75) is 85.0 Å². The number of methoxy groups -OCH3 is 2. The van der Waals surface area contributed by atoms with Crippen LogP contribution in [0.3, 0.4) is 0 Å². The van der Waals surface area contributed by atoms with Gasteiger partial charge in [0, 0.05) is 11.3 Å². The van der Waals surface area contributed by atoms with E-state index in [2.05, 4.69) is 71.3 Å². The number of aromatic amines is 2. The molecule has 53 heavy (non-hydrogen) atoms. The Balaban J connectivity index is 1.27. The van der Waals surface area contributed by atoms with E-state index in [-0.39, 0.29) is 23.7 Å². The van der Waals surface area contributed by atoms with Crippen molar-refractivity contribution in [1.29, 1.82) is 0 Å². The van der Waals surface area contributed by atoms with Crippen molar-refractivity contribution in [3.8, 4) is 33.6 Å². The Morgan fingerprint density at radius 3 is 1.79 bits per heavy atom. The number of aromatic nitrogens is 4. The maximum absolute atomic E-state index is 13.1. The molecule has 2 aromatic heterocycles. The van der Waals surface area contributed by atoms with E-state index in [0.717, 1.165) is 58.6 Å². The first-order chi connectivity index (χ1) is 25.3. The number of rotatable bonds is 12. The molecular formula is C39H50N8O6. The van der Waals surface area contributed by atoms with Gasteiger partial charge in [-0.15, -0.1) is 0 Å². The number of imidazole rings is 2. The average Bonchev–Trinajstić information content (AvgIpc) is 3.77. The van der Waals surface area contributed by atoms with E-state index in [1.165, 1.54) is 19.8 Å². The van der Waals surface area contributed by atoms with Gasteiger partial charge in [0.2, 0.25) is 11.8 Å². The third kappa shape index (κ3) is 9.05. The zero-order valence-electron chi connectivity index (χ0n) is 31.5. The van der Waals surface area contributed by atoms with Gasteiger partial charge in [-0.1, -0.05) is 70.2 Å². The number of carbonyl (C=O) groups is 4. The molecule has 14 heteroatoms. The van der Waals surface area contributed by atoms with Gasteiger partial charge in [0.05, 0.1) is 43.9 Å². The van der Waals surface area contributed by atoms with E-state index in [1.807, 2.05) is 53.7 Å². The molecule has 6 N–H and O–H groups in total. The number of hydrogen-bond acceptors (Lipinski definition) is 8. The first kappa shape index (κ1) is 38.6. The number of nitrogens with zero attached hydrogens (tertiary/aromatic N) is 2. The van der Waals surface area contributed by atoms with Crippen molar-refractivity contribution in [2.75, 3.05) is 14.2 Å². The lowest BCUT2D eigenvalue weighted by molar-refractivity contribution is -0.125. The van der Waals surface area contributed by atoms with Crippen molar-refractivity contribution in [3.05, 3.63) is 71.6 Å². The second kappa shape index (κ2) is 16.8. The lowest BCUT2D eigenvalue weighted by Gasteiger charge is -2.22. The summed E-state index contributed by atoms with van der Waals surface area (Å²) in [7, 11) is 2.53. The van der Waals surface area contributed by atoms with Crippen molar-refractivity contribution >= 4 is 24.0 Å². The van der Waals surface area contributed by atoms with Crippen LogP contribution in [0.4, 0.5) is 9.59 Å². The molecule has 14 nitrogen and oxygen atoms in total. The van der Waals surface area contributed by atoms with Crippen LogP contribution in [0.25, 0.3) is 33.6 Å². The Hall–Kier alpha value is -5.66. The molecule has 0 saturated carbocycles. The molecule has 1 aliphatic carbocycles. The molecule has 282 valence electrons. The van der Waals surface area contributed by atoms with Crippen LogP contribution < -0.4 is 21.3 Å². The number of alkyl carbamates (subject to hydrolysis) is 2. The minimum absolute atomic E-state index is 0.136. The number of fused-ring (bicyclic) bond motifs is 3. The van der Waals surface area contributed by atoms with Crippen LogP contribution in [0, 0.1) is 11.8 Å². The largest absolute Gasteiger partial charge is 0.453 e. The number of hydrogen-bond donors (Lipinski definition) is 6. The average molecular weight is 727 g/mol. The summed E-state index contributed by atoms with van der Waals surface area (Å²) in [6.45, 7) is 11.1. The SMILES string of the molecule is COC(=O)N[C@H](C(=O)N[C@@H](C)c1ncc(-c2ccc(-c3ccc4c(c3)CCCc3[nH]c([C@H](C)NC(=O)[C@@H](NC(=O)OC)C(C)C)nc3-4)cc2)[nH]1)C(C)C. The number of carbonyl (C=O) groups excluding carboxylic acids is 4. The van der Waals surface area contributed by atoms with Crippen LogP contribution >= 0.6 is 0 Å². The summed E-state index contributed by atoms with van der Waals surface area (Å²) in [6, 6.07) is 12.4. The Morgan fingerprint density at radius 1 is 0.679 bits per heavy atom. The molecule has 0 fully saturated rings. The molecule has 0 aliphatic heterocycles. The zero-order valence-corrected chi connectivity index (χ0v) is 31.5. The lowest BCUT2D eigenvalue weighted by atomic mass is 9.95. The molecule has 1 aliphatic rings. The van der Waals surface area contributed by atoms with Gasteiger partial charge in [0.15, 0.2) is 0 Å². The van der Waals surface area contributed by atoms with Crippen molar-refractivity contribution < 1.29 is 28.7 Å². The van der Waals surface area contributed by atoms with Gasteiger partial charge in [0.1, 0.15) is 23.7 Å². The first-order valence-electron chi connectivity index (χ1n) is 18.0. The van der Waals surface area contributed by atoms with Gasteiger partial charge in [-0.2, -0.15) is 0 Å². The number of nitrogens with one attached hydrogen (secondary N) is 6. The topological polar surface area (TPSA) is 192 Å². The van der Waals surface area contributed by atoms with Gasteiger partial charge in [-0.05, 0) is 67.2 Å². The third-order valence-corrected chi connectivity index (χ3v) is 9.51. The van der Waals surface area contributed by atoms with Gasteiger partial charge in [-0.25, -0.2) is 19.6 Å². The molecule has 0 saturated heterocycles. The number of amides is 4. The zero-order chi connectivity index (χ0) is 38.4. The highest BCUT2D eigenvalue weighted by atomic mass is 16.5. The van der Waals surface area contributed by atoms with Gasteiger partial charge in [0.25, 0.3) is 0 Å². The predicted octanol–water partition coefficient (Wildman–Crippen LogP) is 5.74. The second-order valence-electron chi connectivity index (χ2n) is 14.1. The molecule has 0 spiro atoms. The molecule has 4 aromatic rings. The van der Waals surface area contributed by atoms with Crippen molar-refractivity contribution in [2.24, 2.45) is 11.8 Å². The number of aryl methyl sites for hydroxylation is 2. The summed E-state index contributed by atoms with van der Waals surface area (Å²) >= 11 is 0. The van der Waals surface area contributed by atoms with Crippen LogP contribution in [0.15, 0.2) is 48.7 Å². The highest BCUT2D eigenvalue weighted by Gasteiger charge is 2.29. The molecule has 0 bridgehead atoms. The fraction of sp³-hybridized carbons (Fsp3) is 0.436. The molecule has 0 radical (unpaired) electrons. The maximum atomic E-state index is 13.1. The summed E-state index contributed by atoms with van der Waals surface area (Å²) in [5.41, 5.74) is 8.13. The van der Waals surface area contributed by atoms with Crippen molar-refractivity contribution in [3.63, 3.8) is 0 Å². The smallest absolute Gasteiger partial charge is 0.407 e. The Labute approximate surface area is 309 Å². The highest BCUT2D eigenvalue weighted by molar-refractivity contribution is 5.87. The molecule has 4 atom stereocenters. The normalized spacial score (nSPS) is 14.5. The summed E-state index contributed by atoms with van der Waals surface area (Å²) in [4.78, 5) is 65.8. The summed E-state index contributed by atoms with van der Waals surface area (Å²) in [6.07, 6.45) is 3.11. The summed E-state index contributed by atoms with van der Waals surface area (Å²) < 4.78 is 9.36. The van der Waals surface area contributed by atoms with Crippen molar-refractivity contribution in [1.82, 2.24) is 41.2 Å². The summed E-state index contributed by atoms with van der Waals surface area (Å²) in [5, 5.41) is 11.1. The third-order valence-electron chi connectivity index (χ3n) is 9.51. The monoisotopic (exact) mass is 726 g/mol. The Kier molecular flexibility index (Phi) is 12.2. The standard InChI is InChI=1S/C39H50N8O6/c1-20(2)31(46-38(50)52-7)36(48)41-22(5)34-40-19-30(44-34)25-14-12-24(13-15-25)26-16-17-28-27(18-26)10-9-11-29-33(28)45-35(43-29)23(6)42-37(49)32(21(3)4)47-39(51)53-8/h12-23,31-32H,9-11H2,1-8H3,(H,40,44)(H,41,48)(H,42,49)(H,43,45)(H,46,50)(H,47,51)/t22-,23-,31-,32-/m0/s1. The van der Waals surface area contributed by atoms with E-state index in [1.54, 1.807) is 6.20 Å². The van der Waals surface area contributed by atoms with Gasteiger partial charge < -0.3 is 40.7 Å². The molecule has 4 amide bonds. The number of benzene rings is 2. The van der Waals surface area contributed by atoms with Crippen LogP contribution in [-0.4, -0.2) is 70.2 Å². The van der Waals surface area contributed by atoms with E-state index in [9.17, 15) is 19.2 Å². The fourth-order valence-electron chi connectivity index (χ4n) is 6.44. The number of H-pyrrole nitrogens is 2. The van der Waals surface area contributed by atoms with Crippen LogP contribution in [-0.2, 0) is 31.9 Å². The van der Waals surface area contributed by atoms with Crippen LogP contribution in [0.5, 0.6) is 0 Å². The molecule has 5 rings (SSSR count). The van der Waals surface area contributed by atoms with Gasteiger partial charge in [-0.3, -0.25) is 9.59 Å². The quantitative estimate of drug-likeness (QED) is 0.106. The molecular weight excluding hydrogens is 676 g/mol. The van der Waals surface area contributed by atoms with Crippen LogP contribution in [0.2, 0.25) is 0 Å². The summed E-state index contributed by atoms with van der Waals surface area (Å²) in [5.74, 6) is 0.345. The highest BCUT2D eigenvalue weighted by Crippen LogP contribution is 2.35. The molecule has 0 unspecified atom stereocenters. The fourth-order valence-corrected chi connectivity index (χ4v) is 6.44. The Bertz CT molecular complexity index is 1930. The van der Waals surface area contributed by atoms with E-state index >= 15 is 0 Å². The number of ether oxygens (including phenoxy) is 2. The first-order valence-corrected chi connectivity index (χ1v) is 18.0.